The van der Waals surface area contributed by atoms with E-state index in [2.05, 4.69) is 11.4 Å². The number of rotatable bonds is 7. The van der Waals surface area contributed by atoms with Crippen molar-refractivity contribution >= 4 is 22.5 Å². The van der Waals surface area contributed by atoms with Crippen LogP contribution in [0.25, 0.3) is 10.9 Å². The van der Waals surface area contributed by atoms with Crippen LogP contribution in [0.3, 0.4) is 0 Å². The maximum absolute atomic E-state index is 13.2. The number of ether oxygens (including phenoxy) is 2. The third-order valence-corrected chi connectivity index (χ3v) is 5.31. The van der Waals surface area contributed by atoms with Crippen molar-refractivity contribution in [2.24, 2.45) is 0 Å². The Labute approximate surface area is 185 Å². The lowest BCUT2D eigenvalue weighted by atomic mass is 10.1. The lowest BCUT2D eigenvalue weighted by molar-refractivity contribution is -0.116. The average molecular weight is 431 g/mol. The molecular formula is C25H25N3O4. The molecule has 2 aromatic carbocycles. The standard InChI is InChI=1S/C25H25N3O4/c1-17-5-4-6-18(13-17)15-27-11-9-19-10-12-28(25(30)24(19)27)16-23(29)26-20-7-8-21(31-2)22(14-20)32-3/h4-14H,15-16H2,1-3H3,(H,26,29). The number of carbonyl (C=O) groups excluding carboxylic acids is 1. The van der Waals surface area contributed by atoms with Gasteiger partial charge in [0.05, 0.1) is 14.2 Å². The minimum atomic E-state index is -0.310. The summed E-state index contributed by atoms with van der Waals surface area (Å²) in [6, 6.07) is 17.1. The van der Waals surface area contributed by atoms with Crippen LogP contribution in [-0.2, 0) is 17.9 Å². The summed E-state index contributed by atoms with van der Waals surface area (Å²) in [5.41, 5.74) is 3.21. The van der Waals surface area contributed by atoms with Crippen molar-refractivity contribution in [2.45, 2.75) is 20.0 Å². The topological polar surface area (TPSA) is 74.5 Å². The minimum Gasteiger partial charge on any atom is -0.493 e. The zero-order valence-corrected chi connectivity index (χ0v) is 18.3. The summed E-state index contributed by atoms with van der Waals surface area (Å²) < 4.78 is 13.8. The second-order valence-electron chi connectivity index (χ2n) is 7.60. The Morgan fingerprint density at radius 1 is 0.938 bits per heavy atom. The Kier molecular flexibility index (Phi) is 5.98. The first-order chi connectivity index (χ1) is 15.5. The van der Waals surface area contributed by atoms with Gasteiger partial charge < -0.3 is 23.9 Å². The number of aromatic nitrogens is 2. The van der Waals surface area contributed by atoms with Crippen LogP contribution in [0.2, 0.25) is 0 Å². The number of fused-ring (bicyclic) bond motifs is 1. The first-order valence-corrected chi connectivity index (χ1v) is 10.2. The number of nitrogens with one attached hydrogen (secondary N) is 1. The molecule has 0 aliphatic heterocycles. The fourth-order valence-corrected chi connectivity index (χ4v) is 3.78. The molecule has 32 heavy (non-hydrogen) atoms. The number of amides is 1. The van der Waals surface area contributed by atoms with Crippen molar-refractivity contribution in [1.29, 1.82) is 0 Å². The van der Waals surface area contributed by atoms with Crippen LogP contribution < -0.4 is 20.3 Å². The SMILES string of the molecule is COc1ccc(NC(=O)Cn2ccc3ccn(Cc4cccc(C)c4)c3c2=O)cc1OC. The highest BCUT2D eigenvalue weighted by molar-refractivity contribution is 5.91. The van der Waals surface area contributed by atoms with E-state index in [0.717, 1.165) is 10.9 Å². The van der Waals surface area contributed by atoms with Crippen LogP contribution in [0.5, 0.6) is 11.5 Å². The van der Waals surface area contributed by atoms with Gasteiger partial charge in [0.15, 0.2) is 11.5 Å². The van der Waals surface area contributed by atoms with E-state index in [1.54, 1.807) is 31.5 Å². The fraction of sp³-hybridized carbons (Fsp3) is 0.200. The summed E-state index contributed by atoms with van der Waals surface area (Å²) in [7, 11) is 3.08. The van der Waals surface area contributed by atoms with Gasteiger partial charge in [0.25, 0.3) is 5.56 Å². The van der Waals surface area contributed by atoms with Gasteiger partial charge >= 0.3 is 0 Å². The van der Waals surface area contributed by atoms with Gasteiger partial charge in [0.1, 0.15) is 12.1 Å². The van der Waals surface area contributed by atoms with E-state index in [1.165, 1.54) is 17.2 Å². The van der Waals surface area contributed by atoms with Gasteiger partial charge in [-0.25, -0.2) is 0 Å². The van der Waals surface area contributed by atoms with Crippen molar-refractivity contribution in [3.63, 3.8) is 0 Å². The van der Waals surface area contributed by atoms with Gasteiger partial charge in [-0.05, 0) is 36.8 Å². The summed E-state index contributed by atoms with van der Waals surface area (Å²) in [6.45, 7) is 2.53. The van der Waals surface area contributed by atoms with E-state index in [1.807, 2.05) is 48.0 Å². The molecule has 4 rings (SSSR count). The number of benzene rings is 2. The van der Waals surface area contributed by atoms with Crippen LogP contribution in [0.4, 0.5) is 5.69 Å². The van der Waals surface area contributed by atoms with Gasteiger partial charge in [0.2, 0.25) is 5.91 Å². The molecule has 1 N–H and O–H groups in total. The Morgan fingerprint density at radius 2 is 1.69 bits per heavy atom. The van der Waals surface area contributed by atoms with Gasteiger partial charge in [-0.3, -0.25) is 9.59 Å². The predicted octanol–water partition coefficient (Wildman–Crippen LogP) is 3.82. The molecule has 0 bridgehead atoms. The molecule has 164 valence electrons. The Morgan fingerprint density at radius 3 is 2.41 bits per heavy atom. The summed E-state index contributed by atoms with van der Waals surface area (Å²) in [4.78, 5) is 25.8. The average Bonchev–Trinajstić information content (AvgIpc) is 3.19. The highest BCUT2D eigenvalue weighted by atomic mass is 16.5. The van der Waals surface area contributed by atoms with E-state index >= 15 is 0 Å². The number of carbonyl (C=O) groups is 1. The molecule has 0 spiro atoms. The molecule has 4 aromatic rings. The minimum absolute atomic E-state index is 0.0985. The molecular weight excluding hydrogens is 406 g/mol. The van der Waals surface area contributed by atoms with Crippen molar-refractivity contribution in [3.05, 3.63) is 88.5 Å². The quantitative estimate of drug-likeness (QED) is 0.483. The molecule has 0 aliphatic rings. The van der Waals surface area contributed by atoms with Crippen LogP contribution in [0, 0.1) is 6.92 Å². The van der Waals surface area contributed by atoms with Crippen LogP contribution in [0.15, 0.2) is 71.8 Å². The second-order valence-corrected chi connectivity index (χ2v) is 7.60. The summed E-state index contributed by atoms with van der Waals surface area (Å²) in [5, 5.41) is 3.65. The maximum atomic E-state index is 13.2. The summed E-state index contributed by atoms with van der Waals surface area (Å²) in [6.07, 6.45) is 3.55. The Balaban J connectivity index is 1.56. The number of nitrogens with zero attached hydrogens (tertiary/aromatic N) is 2. The van der Waals surface area contributed by atoms with Gasteiger partial charge in [-0.2, -0.15) is 0 Å². The van der Waals surface area contributed by atoms with Gasteiger partial charge in [-0.15, -0.1) is 0 Å². The third kappa shape index (κ3) is 4.37. The molecule has 7 heteroatoms. The normalized spacial score (nSPS) is 10.8. The van der Waals surface area contributed by atoms with Crippen molar-refractivity contribution in [3.8, 4) is 11.5 Å². The first kappa shape index (κ1) is 21.2. The number of aryl methyl sites for hydroxylation is 1. The third-order valence-electron chi connectivity index (χ3n) is 5.31. The molecule has 0 saturated carbocycles. The Bertz CT molecular complexity index is 1340. The van der Waals surface area contributed by atoms with E-state index in [0.29, 0.717) is 29.2 Å². The molecule has 2 heterocycles. The number of pyridine rings is 1. The molecule has 0 atom stereocenters. The van der Waals surface area contributed by atoms with E-state index in [-0.39, 0.29) is 18.0 Å². The summed E-state index contributed by atoms with van der Waals surface area (Å²) in [5.74, 6) is 0.773. The molecule has 0 aliphatic carbocycles. The monoisotopic (exact) mass is 431 g/mol. The van der Waals surface area contributed by atoms with Crippen molar-refractivity contribution in [2.75, 3.05) is 19.5 Å². The molecule has 7 nitrogen and oxygen atoms in total. The molecule has 0 radical (unpaired) electrons. The zero-order valence-electron chi connectivity index (χ0n) is 18.3. The number of hydrogen-bond acceptors (Lipinski definition) is 4. The predicted molar refractivity (Wildman–Crippen MR) is 125 cm³/mol. The molecule has 0 unspecified atom stereocenters. The highest BCUT2D eigenvalue weighted by Gasteiger charge is 2.12. The molecule has 0 saturated heterocycles. The van der Waals surface area contributed by atoms with Gasteiger partial charge in [-0.1, -0.05) is 29.8 Å². The van der Waals surface area contributed by atoms with E-state index < -0.39 is 0 Å². The molecule has 1 amide bonds. The summed E-state index contributed by atoms with van der Waals surface area (Å²) >= 11 is 0. The highest BCUT2D eigenvalue weighted by Crippen LogP contribution is 2.29. The van der Waals surface area contributed by atoms with Crippen molar-refractivity contribution in [1.82, 2.24) is 9.13 Å². The molecule has 0 fully saturated rings. The maximum Gasteiger partial charge on any atom is 0.275 e. The largest absolute Gasteiger partial charge is 0.493 e. The number of methoxy groups -OCH3 is 2. The first-order valence-electron chi connectivity index (χ1n) is 10.2. The van der Waals surface area contributed by atoms with Crippen molar-refractivity contribution < 1.29 is 14.3 Å². The fourth-order valence-electron chi connectivity index (χ4n) is 3.78. The lowest BCUT2D eigenvalue weighted by Crippen LogP contribution is -2.28. The lowest BCUT2D eigenvalue weighted by Gasteiger charge is -2.12. The number of hydrogen-bond donors (Lipinski definition) is 1. The number of anilines is 1. The molecule has 2 aromatic heterocycles. The second kappa shape index (κ2) is 9.01. The van der Waals surface area contributed by atoms with E-state index in [4.69, 9.17) is 9.47 Å². The van der Waals surface area contributed by atoms with E-state index in [9.17, 15) is 9.59 Å². The smallest absolute Gasteiger partial charge is 0.275 e. The zero-order chi connectivity index (χ0) is 22.7. The van der Waals surface area contributed by atoms with Crippen LogP contribution in [-0.4, -0.2) is 29.3 Å². The Hall–Kier alpha value is -4.00. The van der Waals surface area contributed by atoms with Crippen LogP contribution in [0.1, 0.15) is 11.1 Å². The van der Waals surface area contributed by atoms with Crippen LogP contribution >= 0.6 is 0 Å². The van der Waals surface area contributed by atoms with Gasteiger partial charge in [0, 0.05) is 36.1 Å².